The maximum absolute atomic E-state index is 11.6. The summed E-state index contributed by atoms with van der Waals surface area (Å²) in [7, 11) is 0. The molecule has 1 saturated carbocycles. The Bertz CT molecular complexity index is 294. The molecule has 0 aromatic carbocycles. The molecule has 2 unspecified atom stereocenters. The number of ketones is 1. The molecule has 0 radical (unpaired) electrons. The van der Waals surface area contributed by atoms with Crippen molar-refractivity contribution in [3.8, 4) is 0 Å². The maximum atomic E-state index is 11.6. The molecule has 1 fully saturated rings. The van der Waals surface area contributed by atoms with E-state index >= 15 is 0 Å². The average Bonchev–Trinajstić information content (AvgIpc) is 2.47. The number of carbonyl (C=O) groups excluding carboxylic acids is 2. The van der Waals surface area contributed by atoms with Crippen molar-refractivity contribution in [3.63, 3.8) is 0 Å². The van der Waals surface area contributed by atoms with E-state index < -0.39 is 5.60 Å². The van der Waals surface area contributed by atoms with Gasteiger partial charge in [-0.15, -0.1) is 0 Å². The van der Waals surface area contributed by atoms with Gasteiger partial charge in [-0.05, 0) is 46.5 Å². The van der Waals surface area contributed by atoms with Gasteiger partial charge in [0.1, 0.15) is 11.4 Å². The van der Waals surface area contributed by atoms with Crippen LogP contribution in [0.25, 0.3) is 0 Å². The quantitative estimate of drug-likeness (QED) is 0.826. The van der Waals surface area contributed by atoms with Crippen LogP contribution in [0.5, 0.6) is 0 Å². The number of amides is 1. The van der Waals surface area contributed by atoms with E-state index in [-0.39, 0.29) is 23.8 Å². The number of ether oxygens (including phenoxy) is 1. The fourth-order valence-corrected chi connectivity index (χ4v) is 2.30. The van der Waals surface area contributed by atoms with Gasteiger partial charge in [0.15, 0.2) is 0 Å². The summed E-state index contributed by atoms with van der Waals surface area (Å²) >= 11 is 0. The van der Waals surface area contributed by atoms with Gasteiger partial charge >= 0.3 is 6.09 Å². The third kappa shape index (κ3) is 5.20. The maximum Gasteiger partial charge on any atom is 0.407 e. The molecular formula is C13H23NO3. The third-order valence-electron chi connectivity index (χ3n) is 2.91. The summed E-state index contributed by atoms with van der Waals surface area (Å²) in [6.45, 7) is 7.12. The second-order valence-corrected chi connectivity index (χ2v) is 5.85. The van der Waals surface area contributed by atoms with Crippen LogP contribution in [0.15, 0.2) is 0 Å². The number of Topliss-reactive ketones (excluding diaryl/α,β-unsaturated/α-hetero) is 1. The van der Waals surface area contributed by atoms with Gasteiger partial charge in [0.25, 0.3) is 0 Å². The topological polar surface area (TPSA) is 55.4 Å². The van der Waals surface area contributed by atoms with Crippen LogP contribution in [0.3, 0.4) is 0 Å². The van der Waals surface area contributed by atoms with Crippen molar-refractivity contribution in [2.75, 3.05) is 0 Å². The van der Waals surface area contributed by atoms with Crippen LogP contribution in [-0.2, 0) is 9.53 Å². The van der Waals surface area contributed by atoms with Crippen LogP contribution in [0, 0.1) is 5.92 Å². The van der Waals surface area contributed by atoms with Crippen LogP contribution in [0.1, 0.15) is 53.4 Å². The molecular weight excluding hydrogens is 218 g/mol. The molecule has 1 rings (SSSR count). The highest BCUT2D eigenvalue weighted by Gasteiger charge is 2.30. The highest BCUT2D eigenvalue weighted by Crippen LogP contribution is 2.28. The van der Waals surface area contributed by atoms with Gasteiger partial charge in [-0.3, -0.25) is 0 Å². The molecule has 98 valence electrons. The molecule has 0 aromatic rings. The molecule has 17 heavy (non-hydrogen) atoms. The fraction of sp³-hybridized carbons (Fsp3) is 0.846. The van der Waals surface area contributed by atoms with Crippen LogP contribution < -0.4 is 5.32 Å². The van der Waals surface area contributed by atoms with Crippen molar-refractivity contribution in [1.29, 1.82) is 0 Å². The molecule has 0 aliphatic heterocycles. The average molecular weight is 241 g/mol. The number of nitrogens with one attached hydrogen (secondary N) is 1. The summed E-state index contributed by atoms with van der Waals surface area (Å²) in [6, 6.07) is 0.0914. The lowest BCUT2D eigenvalue weighted by molar-refractivity contribution is -0.118. The molecule has 4 nitrogen and oxygen atoms in total. The Balaban J connectivity index is 2.44. The van der Waals surface area contributed by atoms with E-state index in [4.69, 9.17) is 4.74 Å². The van der Waals surface area contributed by atoms with Crippen LogP contribution in [0.4, 0.5) is 4.79 Å². The summed E-state index contributed by atoms with van der Waals surface area (Å²) in [6.07, 6.45) is 3.20. The monoisotopic (exact) mass is 241 g/mol. The SMILES string of the molecule is CC(=O)CC1CCCC1NC(=O)OC(C)(C)C. The largest absolute Gasteiger partial charge is 0.444 e. The van der Waals surface area contributed by atoms with E-state index in [1.807, 2.05) is 20.8 Å². The molecule has 0 saturated heterocycles. The lowest BCUT2D eigenvalue weighted by Crippen LogP contribution is -2.41. The highest BCUT2D eigenvalue weighted by atomic mass is 16.6. The molecule has 0 spiro atoms. The first-order valence-electron chi connectivity index (χ1n) is 6.27. The Labute approximate surface area is 103 Å². The first-order chi connectivity index (χ1) is 7.78. The lowest BCUT2D eigenvalue weighted by atomic mass is 9.97. The van der Waals surface area contributed by atoms with Crippen LogP contribution in [-0.4, -0.2) is 23.5 Å². The van der Waals surface area contributed by atoms with Crippen molar-refractivity contribution < 1.29 is 14.3 Å². The van der Waals surface area contributed by atoms with E-state index in [1.165, 1.54) is 0 Å². The minimum Gasteiger partial charge on any atom is -0.444 e. The molecule has 1 amide bonds. The van der Waals surface area contributed by atoms with Gasteiger partial charge in [-0.1, -0.05) is 6.42 Å². The van der Waals surface area contributed by atoms with E-state index in [0.29, 0.717) is 6.42 Å². The summed E-state index contributed by atoms with van der Waals surface area (Å²) in [5.41, 5.74) is -0.473. The minimum atomic E-state index is -0.473. The third-order valence-corrected chi connectivity index (χ3v) is 2.91. The molecule has 4 heteroatoms. The molecule has 1 aliphatic rings. The van der Waals surface area contributed by atoms with E-state index in [9.17, 15) is 9.59 Å². The van der Waals surface area contributed by atoms with Gasteiger partial charge in [0, 0.05) is 12.5 Å². The Morgan fingerprint density at radius 1 is 1.29 bits per heavy atom. The molecule has 0 bridgehead atoms. The number of alkyl carbamates (subject to hydrolysis) is 1. The second kappa shape index (κ2) is 5.52. The van der Waals surface area contributed by atoms with Crippen molar-refractivity contribution >= 4 is 11.9 Å². The van der Waals surface area contributed by atoms with E-state index in [1.54, 1.807) is 6.92 Å². The molecule has 0 heterocycles. The minimum absolute atomic E-state index is 0.0914. The predicted octanol–water partition coefficient (Wildman–Crippen LogP) is 2.66. The van der Waals surface area contributed by atoms with Gasteiger partial charge in [-0.25, -0.2) is 4.79 Å². The van der Waals surface area contributed by atoms with Crippen molar-refractivity contribution in [3.05, 3.63) is 0 Å². The van der Waals surface area contributed by atoms with Gasteiger partial charge in [-0.2, -0.15) is 0 Å². The first kappa shape index (κ1) is 14.0. The zero-order chi connectivity index (χ0) is 13.1. The van der Waals surface area contributed by atoms with Crippen LogP contribution >= 0.6 is 0 Å². The first-order valence-corrected chi connectivity index (χ1v) is 6.27. The number of carbonyl (C=O) groups is 2. The Morgan fingerprint density at radius 2 is 1.94 bits per heavy atom. The van der Waals surface area contributed by atoms with Crippen molar-refractivity contribution in [2.24, 2.45) is 5.92 Å². The zero-order valence-corrected chi connectivity index (χ0v) is 11.2. The van der Waals surface area contributed by atoms with Crippen molar-refractivity contribution in [1.82, 2.24) is 5.32 Å². The van der Waals surface area contributed by atoms with Crippen LogP contribution in [0.2, 0.25) is 0 Å². The van der Waals surface area contributed by atoms with E-state index in [0.717, 1.165) is 19.3 Å². The van der Waals surface area contributed by atoms with Gasteiger partial charge in [0.2, 0.25) is 0 Å². The summed E-state index contributed by atoms with van der Waals surface area (Å²) < 4.78 is 5.22. The molecule has 1 aliphatic carbocycles. The summed E-state index contributed by atoms with van der Waals surface area (Å²) in [5, 5.41) is 2.88. The Hall–Kier alpha value is -1.06. The summed E-state index contributed by atoms with van der Waals surface area (Å²) in [5.74, 6) is 0.466. The zero-order valence-electron chi connectivity index (χ0n) is 11.2. The van der Waals surface area contributed by atoms with Gasteiger partial charge < -0.3 is 14.8 Å². The highest BCUT2D eigenvalue weighted by molar-refractivity contribution is 5.76. The number of hydrogen-bond donors (Lipinski definition) is 1. The fourth-order valence-electron chi connectivity index (χ4n) is 2.30. The molecule has 2 atom stereocenters. The van der Waals surface area contributed by atoms with Gasteiger partial charge in [0.05, 0.1) is 0 Å². The standard InChI is InChI=1S/C13H23NO3/c1-9(15)8-10-6-5-7-11(10)14-12(16)17-13(2,3)4/h10-11H,5-8H2,1-4H3,(H,14,16). The second-order valence-electron chi connectivity index (χ2n) is 5.85. The molecule has 0 aromatic heterocycles. The number of hydrogen-bond acceptors (Lipinski definition) is 3. The summed E-state index contributed by atoms with van der Waals surface area (Å²) in [4.78, 5) is 22.7. The van der Waals surface area contributed by atoms with Crippen molar-refractivity contribution in [2.45, 2.75) is 65.0 Å². The normalized spacial score (nSPS) is 24.5. The molecule has 1 N–H and O–H groups in total. The Morgan fingerprint density at radius 3 is 2.47 bits per heavy atom. The lowest BCUT2D eigenvalue weighted by Gasteiger charge is -2.24. The predicted molar refractivity (Wildman–Crippen MR) is 65.8 cm³/mol. The Kier molecular flexibility index (Phi) is 4.54. The smallest absolute Gasteiger partial charge is 0.407 e. The van der Waals surface area contributed by atoms with E-state index in [2.05, 4.69) is 5.32 Å². The number of rotatable bonds is 3.